The molecule has 5 aliphatic carbocycles. The number of nitrogens with zero attached hydrogens (tertiary/aromatic N) is 3. The Labute approximate surface area is 321 Å². The first kappa shape index (κ1) is 32.3. The van der Waals surface area contributed by atoms with Crippen molar-refractivity contribution < 1.29 is 0 Å². The second-order valence-electron chi connectivity index (χ2n) is 15.6. The summed E-state index contributed by atoms with van der Waals surface area (Å²) < 4.78 is 2.63. The van der Waals surface area contributed by atoms with Gasteiger partial charge < -0.3 is 4.57 Å². The molecule has 1 aliphatic heterocycles. The van der Waals surface area contributed by atoms with Crippen molar-refractivity contribution in [2.24, 2.45) is 5.92 Å². The van der Waals surface area contributed by atoms with Crippen LogP contribution in [0.3, 0.4) is 0 Å². The van der Waals surface area contributed by atoms with Crippen LogP contribution in [0.4, 0.5) is 0 Å². The Morgan fingerprint density at radius 1 is 0.685 bits per heavy atom. The standard InChI is InChI=1S/C50H43N3S/c1-3-11-32(12-4-1)33-19-23-35(24-20-33)49-40-16-7-9-17-44(40)51-50(52-49)36-25-21-34(22-26-36)37-27-28-45-41(29-37)42-31-48-43(39-15-8-10-18-47(39)54-48)30-46(42)53(45)38-13-5-2-6-14-38/h1,3-4,8,10-13,15-25,28-31,36-37,39,47H,2,5-7,9,14,26-27H2. The number of hydrogen-bond donors (Lipinski definition) is 0. The molecule has 4 heteroatoms. The Hall–Kier alpha value is -5.19. The number of thioether (sulfide) groups is 1. The molecule has 0 N–H and O–H groups in total. The highest BCUT2D eigenvalue weighted by Gasteiger charge is 2.32. The minimum absolute atomic E-state index is 0.159. The minimum Gasteiger partial charge on any atom is -0.314 e. The fourth-order valence-corrected chi connectivity index (χ4v) is 10.9. The highest BCUT2D eigenvalue weighted by Crippen LogP contribution is 2.49. The van der Waals surface area contributed by atoms with Crippen molar-refractivity contribution in [3.05, 3.63) is 153 Å². The monoisotopic (exact) mass is 717 g/mol. The number of hydrogen-bond acceptors (Lipinski definition) is 3. The molecule has 264 valence electrons. The van der Waals surface area contributed by atoms with E-state index in [1.807, 2.05) is 11.8 Å². The lowest BCUT2D eigenvalue weighted by Crippen LogP contribution is -2.35. The van der Waals surface area contributed by atoms with Gasteiger partial charge in [-0.15, -0.1) is 11.8 Å². The fourth-order valence-electron chi connectivity index (χ4n) is 9.56. The van der Waals surface area contributed by atoms with E-state index in [9.17, 15) is 0 Å². The van der Waals surface area contributed by atoms with E-state index in [0.29, 0.717) is 17.1 Å². The summed E-state index contributed by atoms with van der Waals surface area (Å²) >= 11 is 2.04. The lowest BCUT2D eigenvalue weighted by Gasteiger charge is -2.22. The first-order valence-corrected chi connectivity index (χ1v) is 20.9. The van der Waals surface area contributed by atoms with Gasteiger partial charge in [0.05, 0.1) is 16.6 Å². The Bertz CT molecular complexity index is 2760. The van der Waals surface area contributed by atoms with Crippen molar-refractivity contribution in [3.63, 3.8) is 0 Å². The number of allylic oxidation sites excluding steroid dienone is 9. The molecule has 0 saturated heterocycles. The number of aromatic nitrogens is 3. The van der Waals surface area contributed by atoms with E-state index >= 15 is 0 Å². The molecule has 6 aliphatic rings. The van der Waals surface area contributed by atoms with Crippen LogP contribution in [0.15, 0.2) is 126 Å². The molecule has 3 heterocycles. The molecule has 3 nitrogen and oxygen atoms in total. The molecule has 3 aromatic carbocycles. The molecule has 0 saturated carbocycles. The molecule has 11 rings (SSSR count). The zero-order valence-corrected chi connectivity index (χ0v) is 31.3. The third-order valence-electron chi connectivity index (χ3n) is 12.4. The average molecular weight is 718 g/mol. The molecule has 0 fully saturated rings. The highest BCUT2D eigenvalue weighted by molar-refractivity contribution is 8.00. The van der Waals surface area contributed by atoms with Crippen molar-refractivity contribution >= 4 is 52.7 Å². The molecule has 0 bridgehead atoms. The molecule has 4 unspecified atom stereocenters. The number of benzene rings is 3. The Morgan fingerprint density at radius 2 is 1.52 bits per heavy atom. The summed E-state index contributed by atoms with van der Waals surface area (Å²) in [4.78, 5) is 11.9. The van der Waals surface area contributed by atoms with Crippen molar-refractivity contribution in [3.8, 4) is 22.4 Å². The molecule has 5 aromatic rings. The van der Waals surface area contributed by atoms with Crippen LogP contribution in [-0.2, 0) is 0 Å². The van der Waals surface area contributed by atoms with Crippen LogP contribution in [0.2, 0.25) is 0 Å². The highest BCUT2D eigenvalue weighted by atomic mass is 32.2. The second-order valence-corrected chi connectivity index (χ2v) is 16.9. The molecule has 4 atom stereocenters. The van der Waals surface area contributed by atoms with E-state index in [4.69, 9.17) is 9.97 Å². The van der Waals surface area contributed by atoms with E-state index in [1.54, 1.807) is 0 Å². The summed E-state index contributed by atoms with van der Waals surface area (Å²) in [6.07, 6.45) is 37.6. The van der Waals surface area contributed by atoms with Crippen LogP contribution in [0.5, 0.6) is 0 Å². The predicted octanol–water partition coefficient (Wildman–Crippen LogP) is 9.47. The van der Waals surface area contributed by atoms with Gasteiger partial charge in [0.1, 0.15) is 5.82 Å². The van der Waals surface area contributed by atoms with Gasteiger partial charge in [0.25, 0.3) is 0 Å². The van der Waals surface area contributed by atoms with Crippen molar-refractivity contribution in [2.75, 3.05) is 0 Å². The first-order chi connectivity index (χ1) is 26.7. The van der Waals surface area contributed by atoms with Gasteiger partial charge in [-0.05, 0) is 85.8 Å². The van der Waals surface area contributed by atoms with Crippen molar-refractivity contribution in [2.45, 2.75) is 73.3 Å². The largest absolute Gasteiger partial charge is 0.314 e. The van der Waals surface area contributed by atoms with E-state index in [0.717, 1.165) is 54.5 Å². The van der Waals surface area contributed by atoms with E-state index < -0.39 is 0 Å². The quantitative estimate of drug-likeness (QED) is 0.182. The van der Waals surface area contributed by atoms with Gasteiger partial charge in [-0.2, -0.15) is 0 Å². The fraction of sp³-hybridized carbons (Fsp3) is 0.240. The molecular formula is C50H43N3S. The molecule has 0 spiro atoms. The summed E-state index contributed by atoms with van der Waals surface area (Å²) in [5.74, 6) is 1.91. The Balaban J connectivity index is 0.929. The molecule has 54 heavy (non-hydrogen) atoms. The second kappa shape index (κ2) is 13.3. The van der Waals surface area contributed by atoms with E-state index in [-0.39, 0.29) is 5.92 Å². The van der Waals surface area contributed by atoms with Crippen LogP contribution in [-0.4, -0.2) is 19.8 Å². The minimum atomic E-state index is 0.159. The maximum atomic E-state index is 5.31. The SMILES string of the molecule is C1=CC2Sc3cc4c5c(n(C6=CCCCC6)c4cc3C2C=C1)=CCC(C1=CCC(c2nc(-c3ccc(-c4ccccc4)cc3)c3c(n2)=CCCC=3)C=C1)C=5. The third-order valence-corrected chi connectivity index (χ3v) is 13.7. The Morgan fingerprint density at radius 3 is 2.37 bits per heavy atom. The topological polar surface area (TPSA) is 30.7 Å². The van der Waals surface area contributed by atoms with E-state index in [2.05, 4.69) is 144 Å². The maximum absolute atomic E-state index is 5.31. The number of fused-ring (bicyclic) bond motifs is 7. The summed E-state index contributed by atoms with van der Waals surface area (Å²) in [5, 5.41) is 7.00. The van der Waals surface area contributed by atoms with Gasteiger partial charge in [0.2, 0.25) is 0 Å². The number of rotatable bonds is 5. The van der Waals surface area contributed by atoms with Gasteiger partial charge >= 0.3 is 0 Å². The lowest BCUT2D eigenvalue weighted by molar-refractivity contribution is 0.716. The summed E-state index contributed by atoms with van der Waals surface area (Å²) in [6.45, 7) is 0. The smallest absolute Gasteiger partial charge is 0.136 e. The van der Waals surface area contributed by atoms with Crippen LogP contribution in [0, 0.1) is 5.92 Å². The van der Waals surface area contributed by atoms with Crippen LogP contribution in [0.25, 0.3) is 63.3 Å². The zero-order valence-electron chi connectivity index (χ0n) is 30.5. The maximum Gasteiger partial charge on any atom is 0.136 e. The molecular weight excluding hydrogens is 675 g/mol. The van der Waals surface area contributed by atoms with Gasteiger partial charge in [-0.3, -0.25) is 0 Å². The summed E-state index contributed by atoms with van der Waals surface area (Å²) in [6, 6.07) is 24.6. The average Bonchev–Trinajstić information content (AvgIpc) is 3.77. The molecule has 2 aromatic heterocycles. The first-order valence-electron chi connectivity index (χ1n) is 20.0. The van der Waals surface area contributed by atoms with E-state index in [1.165, 1.54) is 78.8 Å². The van der Waals surface area contributed by atoms with Crippen LogP contribution in [0.1, 0.15) is 74.6 Å². The van der Waals surface area contributed by atoms with Gasteiger partial charge in [-0.1, -0.05) is 128 Å². The normalized spacial score (nSPS) is 23.5. The van der Waals surface area contributed by atoms with Gasteiger partial charge in [0, 0.05) is 60.3 Å². The van der Waals surface area contributed by atoms with Crippen molar-refractivity contribution in [1.29, 1.82) is 0 Å². The Kier molecular flexibility index (Phi) is 7.93. The van der Waals surface area contributed by atoms with Gasteiger partial charge in [-0.25, -0.2) is 9.97 Å². The molecule has 0 amide bonds. The van der Waals surface area contributed by atoms with Crippen LogP contribution >= 0.6 is 11.8 Å². The lowest BCUT2D eigenvalue weighted by atomic mass is 9.85. The predicted molar refractivity (Wildman–Crippen MR) is 227 cm³/mol. The zero-order chi connectivity index (χ0) is 35.6. The third kappa shape index (κ3) is 5.49. The van der Waals surface area contributed by atoms with Crippen LogP contribution < -0.4 is 21.1 Å². The van der Waals surface area contributed by atoms with Gasteiger partial charge in [0.15, 0.2) is 0 Å². The summed E-state index contributed by atoms with van der Waals surface area (Å²) in [5.41, 5.74) is 10.5. The van der Waals surface area contributed by atoms with Crippen molar-refractivity contribution in [1.82, 2.24) is 14.5 Å². The summed E-state index contributed by atoms with van der Waals surface area (Å²) in [7, 11) is 0. The molecule has 0 radical (unpaired) electrons.